The number of carbonyl (C=O) groups is 1. The molecule has 0 saturated heterocycles. The van der Waals surface area contributed by atoms with Gasteiger partial charge in [0.25, 0.3) is 0 Å². The van der Waals surface area contributed by atoms with Crippen LogP contribution in [-0.4, -0.2) is 27.7 Å². The molecule has 0 radical (unpaired) electrons. The molecule has 3 aromatic rings. The maximum Gasteiger partial charge on any atom is 0.230 e. The molecule has 30 heavy (non-hydrogen) atoms. The molecule has 3 atom stereocenters. The van der Waals surface area contributed by atoms with Gasteiger partial charge in [-0.05, 0) is 37.2 Å². The first-order valence-electron chi connectivity index (χ1n) is 10.7. The minimum atomic E-state index is 0.0903. The number of fused-ring (bicyclic) bond motifs is 2. The molecule has 0 aliphatic heterocycles. The third-order valence-electron chi connectivity index (χ3n) is 6.26. The number of benzene rings is 2. The van der Waals surface area contributed by atoms with Crippen molar-refractivity contribution in [2.75, 3.05) is 5.75 Å². The van der Waals surface area contributed by atoms with Gasteiger partial charge >= 0.3 is 0 Å². The first kappa shape index (κ1) is 19.3. The summed E-state index contributed by atoms with van der Waals surface area (Å²) < 4.78 is 0. The van der Waals surface area contributed by atoms with Crippen LogP contribution in [0.4, 0.5) is 0 Å². The Morgan fingerprint density at radius 1 is 0.900 bits per heavy atom. The van der Waals surface area contributed by atoms with E-state index in [1.54, 1.807) is 0 Å². The van der Waals surface area contributed by atoms with Crippen LogP contribution in [0.25, 0.3) is 22.5 Å². The fraction of sp³-hybridized carbons (Fsp3) is 0.320. The van der Waals surface area contributed by atoms with E-state index in [-0.39, 0.29) is 5.91 Å². The van der Waals surface area contributed by atoms with Crippen LogP contribution >= 0.6 is 11.8 Å². The molecule has 5 heteroatoms. The highest BCUT2D eigenvalue weighted by Crippen LogP contribution is 2.44. The van der Waals surface area contributed by atoms with E-state index in [4.69, 9.17) is 9.97 Å². The van der Waals surface area contributed by atoms with Gasteiger partial charge in [0, 0.05) is 17.2 Å². The molecule has 5 rings (SSSR count). The molecule has 2 bridgehead atoms. The van der Waals surface area contributed by atoms with E-state index < -0.39 is 0 Å². The van der Waals surface area contributed by atoms with Crippen LogP contribution < -0.4 is 5.32 Å². The minimum absolute atomic E-state index is 0.0903. The summed E-state index contributed by atoms with van der Waals surface area (Å²) in [5.74, 6) is 1.95. The molecule has 2 aromatic carbocycles. The molecular formula is C25H25N3OS. The van der Waals surface area contributed by atoms with Crippen molar-refractivity contribution in [2.24, 2.45) is 11.8 Å². The van der Waals surface area contributed by atoms with E-state index in [0.717, 1.165) is 34.9 Å². The number of carbonyl (C=O) groups excluding carboxylic acids is 1. The zero-order valence-corrected chi connectivity index (χ0v) is 17.6. The van der Waals surface area contributed by atoms with Crippen LogP contribution in [-0.2, 0) is 4.79 Å². The van der Waals surface area contributed by atoms with Gasteiger partial charge in [-0.3, -0.25) is 4.79 Å². The lowest BCUT2D eigenvalue weighted by molar-refractivity contribution is -0.119. The maximum absolute atomic E-state index is 12.6. The Hall–Kier alpha value is -2.66. The largest absolute Gasteiger partial charge is 0.352 e. The molecule has 1 amide bonds. The number of aromatic nitrogens is 2. The lowest BCUT2D eigenvalue weighted by Gasteiger charge is -2.22. The first-order chi connectivity index (χ1) is 14.7. The quantitative estimate of drug-likeness (QED) is 0.444. The Bertz CT molecular complexity index is 967. The molecule has 2 aliphatic rings. The molecule has 1 heterocycles. The average molecular weight is 416 g/mol. The third-order valence-corrected chi connectivity index (χ3v) is 7.11. The van der Waals surface area contributed by atoms with Crippen molar-refractivity contribution in [3.63, 3.8) is 0 Å². The van der Waals surface area contributed by atoms with Crippen molar-refractivity contribution in [3.05, 3.63) is 66.7 Å². The molecule has 152 valence electrons. The highest BCUT2D eigenvalue weighted by molar-refractivity contribution is 7.99. The molecule has 2 saturated carbocycles. The van der Waals surface area contributed by atoms with Crippen LogP contribution in [0.3, 0.4) is 0 Å². The van der Waals surface area contributed by atoms with Crippen LogP contribution in [0, 0.1) is 11.8 Å². The van der Waals surface area contributed by atoms with Gasteiger partial charge in [-0.25, -0.2) is 9.97 Å². The second-order valence-corrected chi connectivity index (χ2v) is 9.23. The summed E-state index contributed by atoms with van der Waals surface area (Å²) in [6.45, 7) is 0. The molecular weight excluding hydrogens is 390 g/mol. The number of nitrogens with one attached hydrogen (secondary N) is 1. The van der Waals surface area contributed by atoms with E-state index in [9.17, 15) is 4.79 Å². The predicted octanol–water partition coefficient (Wildman–Crippen LogP) is 5.21. The lowest BCUT2D eigenvalue weighted by Crippen LogP contribution is -2.39. The van der Waals surface area contributed by atoms with Crippen molar-refractivity contribution in [1.82, 2.24) is 15.3 Å². The van der Waals surface area contributed by atoms with Crippen LogP contribution in [0.15, 0.2) is 71.9 Å². The van der Waals surface area contributed by atoms with Gasteiger partial charge in [-0.15, -0.1) is 0 Å². The highest BCUT2D eigenvalue weighted by Gasteiger charge is 2.40. The van der Waals surface area contributed by atoms with E-state index in [1.807, 2.05) is 66.7 Å². The van der Waals surface area contributed by atoms with Crippen molar-refractivity contribution >= 4 is 17.7 Å². The van der Waals surface area contributed by atoms with Crippen LogP contribution in [0.1, 0.15) is 25.7 Å². The predicted molar refractivity (Wildman–Crippen MR) is 121 cm³/mol. The van der Waals surface area contributed by atoms with E-state index >= 15 is 0 Å². The number of amides is 1. The summed E-state index contributed by atoms with van der Waals surface area (Å²) in [6, 6.07) is 22.6. The molecule has 1 N–H and O–H groups in total. The Morgan fingerprint density at radius 2 is 1.53 bits per heavy atom. The van der Waals surface area contributed by atoms with Gasteiger partial charge in [0.05, 0.1) is 17.1 Å². The third kappa shape index (κ3) is 4.26. The Morgan fingerprint density at radius 3 is 2.07 bits per heavy atom. The number of rotatable bonds is 6. The van der Waals surface area contributed by atoms with Gasteiger partial charge in [-0.1, -0.05) is 78.8 Å². The molecule has 4 nitrogen and oxygen atoms in total. The smallest absolute Gasteiger partial charge is 0.230 e. The zero-order chi connectivity index (χ0) is 20.3. The number of nitrogens with zero attached hydrogens (tertiary/aromatic N) is 2. The van der Waals surface area contributed by atoms with E-state index in [2.05, 4.69) is 5.32 Å². The molecule has 2 fully saturated rings. The summed E-state index contributed by atoms with van der Waals surface area (Å²) in [4.78, 5) is 22.1. The monoisotopic (exact) mass is 415 g/mol. The van der Waals surface area contributed by atoms with Crippen molar-refractivity contribution in [3.8, 4) is 22.5 Å². The molecule has 3 unspecified atom stereocenters. The molecule has 2 aliphatic carbocycles. The van der Waals surface area contributed by atoms with Gasteiger partial charge in [-0.2, -0.15) is 0 Å². The van der Waals surface area contributed by atoms with Gasteiger partial charge < -0.3 is 5.32 Å². The fourth-order valence-corrected chi connectivity index (χ4v) is 5.47. The standard InChI is InChI=1S/C25H25N3OS/c29-24(26-21-14-17-11-12-20(21)13-17)16-30-25-27-22(18-7-3-1-4-8-18)15-23(28-25)19-9-5-2-6-10-19/h1-10,15,17,20-21H,11-14,16H2,(H,26,29). The lowest BCUT2D eigenvalue weighted by atomic mass is 9.95. The second kappa shape index (κ2) is 8.60. The van der Waals surface area contributed by atoms with Gasteiger partial charge in [0.15, 0.2) is 5.16 Å². The van der Waals surface area contributed by atoms with Gasteiger partial charge in [0.2, 0.25) is 5.91 Å². The van der Waals surface area contributed by atoms with Crippen molar-refractivity contribution in [1.29, 1.82) is 0 Å². The van der Waals surface area contributed by atoms with Crippen LogP contribution in [0.2, 0.25) is 0 Å². The number of hydrogen-bond acceptors (Lipinski definition) is 4. The van der Waals surface area contributed by atoms with Crippen molar-refractivity contribution in [2.45, 2.75) is 36.9 Å². The number of hydrogen-bond donors (Lipinski definition) is 1. The SMILES string of the molecule is O=C(CSc1nc(-c2ccccc2)cc(-c2ccccc2)n1)NC1CC2CCC1C2. The van der Waals surface area contributed by atoms with Crippen molar-refractivity contribution < 1.29 is 4.79 Å². The maximum atomic E-state index is 12.6. The zero-order valence-electron chi connectivity index (χ0n) is 16.8. The Balaban J connectivity index is 1.34. The number of thioether (sulfide) groups is 1. The van der Waals surface area contributed by atoms with Crippen LogP contribution in [0.5, 0.6) is 0 Å². The van der Waals surface area contributed by atoms with Gasteiger partial charge in [0.1, 0.15) is 0 Å². The second-order valence-electron chi connectivity index (χ2n) is 8.29. The summed E-state index contributed by atoms with van der Waals surface area (Å²) in [5.41, 5.74) is 3.84. The first-order valence-corrected chi connectivity index (χ1v) is 11.7. The topological polar surface area (TPSA) is 54.9 Å². The summed E-state index contributed by atoms with van der Waals surface area (Å²) in [6.07, 6.45) is 5.06. The summed E-state index contributed by atoms with van der Waals surface area (Å²) >= 11 is 1.42. The summed E-state index contributed by atoms with van der Waals surface area (Å²) in [5, 5.41) is 3.90. The highest BCUT2D eigenvalue weighted by atomic mass is 32.2. The Kier molecular flexibility index (Phi) is 5.54. The fourth-order valence-electron chi connectivity index (χ4n) is 4.80. The summed E-state index contributed by atoms with van der Waals surface area (Å²) in [7, 11) is 0. The normalized spacial score (nSPS) is 22.2. The molecule has 0 spiro atoms. The van der Waals surface area contributed by atoms with E-state index in [0.29, 0.717) is 22.9 Å². The molecule has 1 aromatic heterocycles. The Labute approximate surface area is 181 Å². The minimum Gasteiger partial charge on any atom is -0.352 e. The van der Waals surface area contributed by atoms with E-state index in [1.165, 1.54) is 31.0 Å². The average Bonchev–Trinajstić information content (AvgIpc) is 3.42.